The molecule has 6 rings (SSSR count). The van der Waals surface area contributed by atoms with Crippen LogP contribution < -0.4 is 9.80 Å². The van der Waals surface area contributed by atoms with E-state index in [9.17, 15) is 24.7 Å². The van der Waals surface area contributed by atoms with Crippen LogP contribution in [-0.2, 0) is 11.2 Å². The first-order chi connectivity index (χ1) is 20.3. The second kappa shape index (κ2) is 11.5. The van der Waals surface area contributed by atoms with Gasteiger partial charge in [0.1, 0.15) is 22.5 Å². The highest BCUT2D eigenvalue weighted by atomic mass is 32.1. The van der Waals surface area contributed by atoms with Crippen LogP contribution in [0.25, 0.3) is 16.2 Å². The largest absolute Gasteiger partial charge is 0.395 e. The minimum absolute atomic E-state index is 0.0379. The van der Waals surface area contributed by atoms with E-state index in [2.05, 4.69) is 11.0 Å². The van der Waals surface area contributed by atoms with Gasteiger partial charge in [-0.2, -0.15) is 9.78 Å². The Morgan fingerprint density at radius 3 is 2.62 bits per heavy atom. The molecular formula is C27H30FN9O3S2. The Morgan fingerprint density at radius 2 is 1.95 bits per heavy atom. The molecule has 220 valence electrons. The lowest BCUT2D eigenvalue weighted by Crippen LogP contribution is -2.60. The molecule has 2 saturated heterocycles. The van der Waals surface area contributed by atoms with Crippen molar-refractivity contribution in [1.29, 1.82) is 5.26 Å². The molecule has 15 heteroatoms. The number of aromatic nitrogens is 4. The number of aliphatic hydroxyl groups is 2. The Balaban J connectivity index is 1.24. The van der Waals surface area contributed by atoms with Gasteiger partial charge in [0.05, 0.1) is 31.0 Å². The molecule has 5 heterocycles. The van der Waals surface area contributed by atoms with Gasteiger partial charge >= 0.3 is 0 Å². The Labute approximate surface area is 249 Å². The van der Waals surface area contributed by atoms with Crippen LogP contribution in [0.5, 0.6) is 0 Å². The molecule has 3 aromatic heterocycles. The van der Waals surface area contributed by atoms with Crippen LogP contribution in [0.2, 0.25) is 0 Å². The van der Waals surface area contributed by atoms with Crippen molar-refractivity contribution < 1.29 is 19.4 Å². The second-order valence-electron chi connectivity index (χ2n) is 10.4. The number of amides is 1. The van der Waals surface area contributed by atoms with Crippen LogP contribution in [0.4, 0.5) is 20.5 Å². The number of thiazole rings is 1. The van der Waals surface area contributed by atoms with Crippen LogP contribution in [0.15, 0.2) is 24.3 Å². The molecule has 1 amide bonds. The van der Waals surface area contributed by atoms with E-state index >= 15 is 0 Å². The normalized spacial score (nSPS) is 18.0. The predicted molar refractivity (Wildman–Crippen MR) is 158 cm³/mol. The number of anilines is 3. The molecule has 0 spiro atoms. The summed E-state index contributed by atoms with van der Waals surface area (Å²) in [5.41, 5.74) is 2.00. The molecule has 2 N–H and O–H groups in total. The SMILES string of the molecule is CCc1nc2sc(N3CCN(CC(=O)N4CC(O)C4)[C@@H](CO)C3)nn2c1N(C)c1nc(-c2ccc(F)cc2)c(C#N)s1. The predicted octanol–water partition coefficient (Wildman–Crippen LogP) is 1.94. The third kappa shape index (κ3) is 5.20. The van der Waals surface area contributed by atoms with E-state index in [0.717, 1.165) is 16.6 Å². The lowest BCUT2D eigenvalue weighted by Gasteiger charge is -2.42. The zero-order valence-corrected chi connectivity index (χ0v) is 24.8. The third-order valence-corrected chi connectivity index (χ3v) is 9.66. The highest BCUT2D eigenvalue weighted by Crippen LogP contribution is 2.38. The van der Waals surface area contributed by atoms with E-state index < -0.39 is 6.10 Å². The number of hydrogen-bond acceptors (Lipinski definition) is 12. The molecule has 1 atom stereocenters. The molecular weight excluding hydrogens is 581 g/mol. The fourth-order valence-corrected chi connectivity index (χ4v) is 7.07. The number of fused-ring (bicyclic) bond motifs is 1. The third-order valence-electron chi connectivity index (χ3n) is 7.65. The van der Waals surface area contributed by atoms with Crippen molar-refractivity contribution in [1.82, 2.24) is 29.4 Å². The summed E-state index contributed by atoms with van der Waals surface area (Å²) in [5.74, 6) is 0.355. The summed E-state index contributed by atoms with van der Waals surface area (Å²) in [6.45, 7) is 4.59. The molecule has 1 aromatic carbocycles. The minimum Gasteiger partial charge on any atom is -0.395 e. The monoisotopic (exact) mass is 611 g/mol. The number of nitriles is 1. The molecule has 12 nitrogen and oxygen atoms in total. The lowest BCUT2D eigenvalue weighted by atomic mass is 10.1. The molecule has 4 aromatic rings. The summed E-state index contributed by atoms with van der Waals surface area (Å²) < 4.78 is 15.3. The number of aryl methyl sites for hydroxylation is 1. The van der Waals surface area contributed by atoms with Crippen molar-refractivity contribution >= 4 is 49.6 Å². The van der Waals surface area contributed by atoms with E-state index in [1.165, 1.54) is 34.8 Å². The summed E-state index contributed by atoms with van der Waals surface area (Å²) in [4.78, 5) is 30.9. The fourth-order valence-electron chi connectivity index (χ4n) is 5.27. The number of carbonyl (C=O) groups is 1. The Hall–Kier alpha value is -3.68. The number of β-amino-alcohol motifs (C(OH)–C–C–N with tert-alkyl or cyclic N) is 1. The van der Waals surface area contributed by atoms with Gasteiger partial charge in [-0.3, -0.25) is 9.69 Å². The van der Waals surface area contributed by atoms with E-state index in [1.807, 2.05) is 23.8 Å². The van der Waals surface area contributed by atoms with Crippen LogP contribution >= 0.6 is 22.7 Å². The number of carbonyl (C=O) groups excluding carboxylic acids is 1. The quantitative estimate of drug-likeness (QED) is 0.304. The zero-order chi connectivity index (χ0) is 29.5. The van der Waals surface area contributed by atoms with Crippen molar-refractivity contribution in [3.8, 4) is 17.3 Å². The summed E-state index contributed by atoms with van der Waals surface area (Å²) in [6, 6.07) is 7.91. The second-order valence-corrected chi connectivity index (χ2v) is 12.3. The average Bonchev–Trinajstić information content (AvgIpc) is 3.68. The molecule has 0 aliphatic carbocycles. The highest BCUT2D eigenvalue weighted by Gasteiger charge is 2.34. The van der Waals surface area contributed by atoms with Gasteiger partial charge in [-0.1, -0.05) is 29.6 Å². The van der Waals surface area contributed by atoms with Gasteiger partial charge in [-0.05, 0) is 30.7 Å². The number of nitrogens with zero attached hydrogens (tertiary/aromatic N) is 9. The van der Waals surface area contributed by atoms with Gasteiger partial charge in [0.15, 0.2) is 10.9 Å². The summed E-state index contributed by atoms with van der Waals surface area (Å²) in [5, 5.41) is 35.7. The lowest BCUT2D eigenvalue weighted by molar-refractivity contribution is -0.143. The summed E-state index contributed by atoms with van der Waals surface area (Å²) >= 11 is 2.70. The molecule has 0 unspecified atom stereocenters. The number of piperazine rings is 1. The number of imidazole rings is 1. The summed E-state index contributed by atoms with van der Waals surface area (Å²) in [6.07, 6.45) is 0.223. The van der Waals surface area contributed by atoms with E-state index in [4.69, 9.17) is 15.1 Å². The molecule has 0 bridgehead atoms. The van der Waals surface area contributed by atoms with Gasteiger partial charge < -0.3 is 24.9 Å². The molecule has 2 aliphatic heterocycles. The number of aliphatic hydroxyl groups excluding tert-OH is 2. The molecule has 2 fully saturated rings. The average molecular weight is 612 g/mol. The van der Waals surface area contributed by atoms with Gasteiger partial charge in [0.2, 0.25) is 16.0 Å². The van der Waals surface area contributed by atoms with Gasteiger partial charge in [-0.25, -0.2) is 14.4 Å². The van der Waals surface area contributed by atoms with Crippen molar-refractivity contribution in [2.45, 2.75) is 25.5 Å². The number of halogens is 1. The van der Waals surface area contributed by atoms with Crippen LogP contribution in [0.3, 0.4) is 0 Å². The van der Waals surface area contributed by atoms with Crippen molar-refractivity contribution in [2.24, 2.45) is 0 Å². The summed E-state index contributed by atoms with van der Waals surface area (Å²) in [7, 11) is 1.87. The van der Waals surface area contributed by atoms with Crippen LogP contribution in [0.1, 0.15) is 17.5 Å². The maximum Gasteiger partial charge on any atom is 0.236 e. The fraction of sp³-hybridized carbons (Fsp3) is 0.444. The number of hydrogen-bond donors (Lipinski definition) is 2. The molecule has 0 radical (unpaired) electrons. The van der Waals surface area contributed by atoms with E-state index in [-0.39, 0.29) is 30.9 Å². The van der Waals surface area contributed by atoms with Crippen molar-refractivity contribution in [3.63, 3.8) is 0 Å². The first kappa shape index (κ1) is 28.4. The number of rotatable bonds is 8. The smallest absolute Gasteiger partial charge is 0.236 e. The van der Waals surface area contributed by atoms with Gasteiger partial charge in [-0.15, -0.1) is 5.10 Å². The zero-order valence-electron chi connectivity index (χ0n) is 23.1. The maximum atomic E-state index is 13.5. The maximum absolute atomic E-state index is 13.5. The molecule has 2 aliphatic rings. The minimum atomic E-state index is -0.443. The van der Waals surface area contributed by atoms with Crippen LogP contribution in [-0.4, -0.2) is 111 Å². The number of benzene rings is 1. The topological polar surface area (TPSA) is 137 Å². The highest BCUT2D eigenvalue weighted by molar-refractivity contribution is 7.20. The van der Waals surface area contributed by atoms with E-state index in [1.54, 1.807) is 21.5 Å². The van der Waals surface area contributed by atoms with Gasteiger partial charge in [0, 0.05) is 45.3 Å². The number of likely N-dealkylation sites (tertiary alicyclic amines) is 1. The van der Waals surface area contributed by atoms with Crippen molar-refractivity contribution in [3.05, 3.63) is 40.7 Å². The first-order valence-electron chi connectivity index (χ1n) is 13.6. The Bertz CT molecular complexity index is 1640. The molecule has 42 heavy (non-hydrogen) atoms. The molecule has 0 saturated carbocycles. The van der Waals surface area contributed by atoms with Gasteiger partial charge in [0.25, 0.3) is 0 Å². The standard InChI is InChI=1S/C27H30FN9O3S2/c1-3-20-24(33(2)25-31-23(21(10-29)41-25)16-4-6-17(28)7-5-16)37-26(30-20)42-27(32-37)35-9-8-34(18(11-35)15-38)14-22(40)36-12-19(39)13-36/h4-7,18-19,38-39H,3,8-9,11-15H2,1-2H3/t18-/m1/s1. The first-order valence-corrected chi connectivity index (χ1v) is 15.3. The van der Waals surface area contributed by atoms with Crippen molar-refractivity contribution in [2.75, 3.05) is 62.7 Å². The Kier molecular flexibility index (Phi) is 7.81. The van der Waals surface area contributed by atoms with Crippen LogP contribution in [0, 0.1) is 17.1 Å². The van der Waals surface area contributed by atoms with E-state index in [0.29, 0.717) is 65.4 Å². The Morgan fingerprint density at radius 1 is 1.19 bits per heavy atom.